The van der Waals surface area contributed by atoms with Gasteiger partial charge in [-0.25, -0.2) is 13.4 Å². The summed E-state index contributed by atoms with van der Waals surface area (Å²) < 4.78 is 23.3. The summed E-state index contributed by atoms with van der Waals surface area (Å²) in [4.78, 5) is 18.6. The molecule has 6 nitrogen and oxygen atoms in total. The van der Waals surface area contributed by atoms with E-state index in [1.165, 1.54) is 19.3 Å². The van der Waals surface area contributed by atoms with Gasteiger partial charge in [-0.15, -0.1) is 0 Å². The van der Waals surface area contributed by atoms with Crippen molar-refractivity contribution in [2.45, 2.75) is 50.6 Å². The summed E-state index contributed by atoms with van der Waals surface area (Å²) in [7, 11) is -1.10. The predicted molar refractivity (Wildman–Crippen MR) is 94.0 cm³/mol. The molecule has 2 aliphatic rings. The number of carbonyl (C=O) groups excluding carboxylic acids is 1. The lowest BCUT2D eigenvalue weighted by Crippen LogP contribution is -2.36. The van der Waals surface area contributed by atoms with Gasteiger partial charge < -0.3 is 10.2 Å². The molecule has 3 rings (SSSR count). The van der Waals surface area contributed by atoms with Gasteiger partial charge in [0.25, 0.3) is 5.91 Å². The van der Waals surface area contributed by atoms with Crippen molar-refractivity contribution in [3.05, 3.63) is 23.9 Å². The van der Waals surface area contributed by atoms with E-state index in [1.807, 2.05) is 11.9 Å². The largest absolute Gasteiger partial charge is 0.356 e. The standard InChI is InChI=1S/C17H25N3O3S/c1-20(15-8-10-24(22,23)12-15)16-11-13(7-9-18-16)17(21)19-14-5-3-2-4-6-14/h7,9,11,14-15H,2-6,8,10,12H2,1H3,(H,19,21). The number of sulfone groups is 1. The number of nitrogens with zero attached hydrogens (tertiary/aromatic N) is 2. The van der Waals surface area contributed by atoms with Crippen LogP contribution in [-0.4, -0.2) is 49.9 Å². The van der Waals surface area contributed by atoms with Crippen LogP contribution < -0.4 is 10.2 Å². The maximum absolute atomic E-state index is 12.5. The molecule has 1 saturated heterocycles. The maximum Gasteiger partial charge on any atom is 0.251 e. The monoisotopic (exact) mass is 351 g/mol. The van der Waals surface area contributed by atoms with Crippen molar-refractivity contribution in [3.8, 4) is 0 Å². The Bertz CT molecular complexity index is 699. The molecule has 1 saturated carbocycles. The molecule has 1 aliphatic heterocycles. The molecule has 24 heavy (non-hydrogen) atoms. The molecular formula is C17H25N3O3S. The summed E-state index contributed by atoms with van der Waals surface area (Å²) in [5.41, 5.74) is 0.582. The van der Waals surface area contributed by atoms with Gasteiger partial charge >= 0.3 is 0 Å². The van der Waals surface area contributed by atoms with Gasteiger partial charge in [-0.1, -0.05) is 19.3 Å². The van der Waals surface area contributed by atoms with E-state index < -0.39 is 9.84 Å². The summed E-state index contributed by atoms with van der Waals surface area (Å²) >= 11 is 0. The van der Waals surface area contributed by atoms with Crippen molar-refractivity contribution in [2.75, 3.05) is 23.5 Å². The Morgan fingerprint density at radius 1 is 1.25 bits per heavy atom. The lowest BCUT2D eigenvalue weighted by molar-refractivity contribution is 0.0927. The number of hydrogen-bond acceptors (Lipinski definition) is 5. The summed E-state index contributed by atoms with van der Waals surface area (Å²) in [6.45, 7) is 0. The first kappa shape index (κ1) is 17.2. The lowest BCUT2D eigenvalue weighted by Gasteiger charge is -2.25. The van der Waals surface area contributed by atoms with Crippen molar-refractivity contribution in [2.24, 2.45) is 0 Å². The second-order valence-corrected chi connectivity index (χ2v) is 9.11. The third-order valence-electron chi connectivity index (χ3n) is 5.07. The molecule has 0 spiro atoms. The van der Waals surface area contributed by atoms with Crippen molar-refractivity contribution in [1.82, 2.24) is 10.3 Å². The van der Waals surface area contributed by atoms with E-state index in [1.54, 1.807) is 18.3 Å². The van der Waals surface area contributed by atoms with Gasteiger partial charge in [-0.2, -0.15) is 0 Å². The minimum Gasteiger partial charge on any atom is -0.356 e. The molecule has 1 aromatic rings. The molecule has 0 bridgehead atoms. The average molecular weight is 351 g/mol. The molecule has 0 aromatic carbocycles. The SMILES string of the molecule is CN(c1cc(C(=O)NC2CCCCC2)ccn1)C1CCS(=O)(=O)C1. The molecule has 1 amide bonds. The molecule has 1 atom stereocenters. The van der Waals surface area contributed by atoms with Gasteiger partial charge in [-0.3, -0.25) is 4.79 Å². The van der Waals surface area contributed by atoms with Crippen LogP contribution in [-0.2, 0) is 9.84 Å². The molecule has 7 heteroatoms. The van der Waals surface area contributed by atoms with Crippen LogP contribution in [0, 0.1) is 0 Å². The first-order valence-electron chi connectivity index (χ1n) is 8.65. The quantitative estimate of drug-likeness (QED) is 0.894. The zero-order valence-electron chi connectivity index (χ0n) is 14.1. The molecular weight excluding hydrogens is 326 g/mol. The fourth-order valence-corrected chi connectivity index (χ4v) is 5.31. The highest BCUT2D eigenvalue weighted by Gasteiger charge is 2.31. The minimum absolute atomic E-state index is 0.0702. The Balaban J connectivity index is 1.68. The van der Waals surface area contributed by atoms with Gasteiger partial charge in [0.1, 0.15) is 5.82 Å². The molecule has 1 N–H and O–H groups in total. The van der Waals surface area contributed by atoms with Crippen molar-refractivity contribution >= 4 is 21.6 Å². The number of aromatic nitrogens is 1. The summed E-state index contributed by atoms with van der Waals surface area (Å²) in [6, 6.07) is 3.66. The number of anilines is 1. The highest BCUT2D eigenvalue weighted by atomic mass is 32.2. The van der Waals surface area contributed by atoms with Crippen LogP contribution in [0.5, 0.6) is 0 Å². The van der Waals surface area contributed by atoms with Crippen molar-refractivity contribution in [3.63, 3.8) is 0 Å². The lowest BCUT2D eigenvalue weighted by atomic mass is 9.95. The first-order valence-corrected chi connectivity index (χ1v) is 10.5. The third kappa shape index (κ3) is 4.06. The van der Waals surface area contributed by atoms with E-state index in [0.717, 1.165) is 12.8 Å². The molecule has 1 unspecified atom stereocenters. The highest BCUT2D eigenvalue weighted by Crippen LogP contribution is 2.22. The van der Waals surface area contributed by atoms with Gasteiger partial charge in [0.05, 0.1) is 11.5 Å². The highest BCUT2D eigenvalue weighted by molar-refractivity contribution is 7.91. The zero-order valence-corrected chi connectivity index (χ0v) is 14.9. The first-order chi connectivity index (χ1) is 11.4. The Hall–Kier alpha value is -1.63. The fourth-order valence-electron chi connectivity index (χ4n) is 3.54. The topological polar surface area (TPSA) is 79.4 Å². The van der Waals surface area contributed by atoms with E-state index in [4.69, 9.17) is 0 Å². The maximum atomic E-state index is 12.5. The van der Waals surface area contributed by atoms with Crippen LogP contribution in [0.25, 0.3) is 0 Å². The molecule has 2 heterocycles. The second kappa shape index (κ2) is 7.09. The smallest absolute Gasteiger partial charge is 0.251 e. The third-order valence-corrected chi connectivity index (χ3v) is 6.82. The average Bonchev–Trinajstić information content (AvgIpc) is 2.95. The second-order valence-electron chi connectivity index (χ2n) is 6.88. The van der Waals surface area contributed by atoms with Gasteiger partial charge in [0.15, 0.2) is 9.84 Å². The summed E-state index contributed by atoms with van der Waals surface area (Å²) in [5, 5.41) is 3.10. The molecule has 2 fully saturated rings. The van der Waals surface area contributed by atoms with E-state index >= 15 is 0 Å². The Morgan fingerprint density at radius 3 is 2.67 bits per heavy atom. The zero-order chi connectivity index (χ0) is 17.2. The van der Waals surface area contributed by atoms with Crippen molar-refractivity contribution < 1.29 is 13.2 Å². The Kier molecular flexibility index (Phi) is 5.08. The fraction of sp³-hybridized carbons (Fsp3) is 0.647. The van der Waals surface area contributed by atoms with Gasteiger partial charge in [0.2, 0.25) is 0 Å². The number of carbonyl (C=O) groups is 1. The van der Waals surface area contributed by atoms with E-state index in [-0.39, 0.29) is 29.5 Å². The van der Waals surface area contributed by atoms with E-state index in [2.05, 4.69) is 10.3 Å². The number of hydrogen-bond donors (Lipinski definition) is 1. The summed E-state index contributed by atoms with van der Waals surface area (Å²) in [5.74, 6) is 0.958. The number of nitrogens with one attached hydrogen (secondary N) is 1. The van der Waals surface area contributed by atoms with Gasteiger partial charge in [0, 0.05) is 30.9 Å². The molecule has 1 aliphatic carbocycles. The summed E-state index contributed by atoms with van der Waals surface area (Å²) in [6.07, 6.45) is 7.91. The minimum atomic E-state index is -2.94. The van der Waals surface area contributed by atoms with Crippen LogP contribution in [0.15, 0.2) is 18.3 Å². The Morgan fingerprint density at radius 2 is 2.00 bits per heavy atom. The van der Waals surface area contributed by atoms with Crippen LogP contribution in [0.4, 0.5) is 5.82 Å². The van der Waals surface area contributed by atoms with Crippen LogP contribution in [0.2, 0.25) is 0 Å². The predicted octanol–water partition coefficient (Wildman–Crippen LogP) is 1.77. The number of pyridine rings is 1. The van der Waals surface area contributed by atoms with Gasteiger partial charge in [-0.05, 0) is 31.4 Å². The normalized spacial score (nSPS) is 23.8. The Labute approximate surface area is 143 Å². The molecule has 132 valence electrons. The van der Waals surface area contributed by atoms with Crippen LogP contribution in [0.1, 0.15) is 48.9 Å². The van der Waals surface area contributed by atoms with Crippen LogP contribution in [0.3, 0.4) is 0 Å². The number of rotatable bonds is 4. The molecule has 0 radical (unpaired) electrons. The number of amides is 1. The van der Waals surface area contributed by atoms with Crippen LogP contribution >= 0.6 is 0 Å². The van der Waals surface area contributed by atoms with E-state index in [0.29, 0.717) is 17.8 Å². The molecule has 1 aromatic heterocycles. The van der Waals surface area contributed by atoms with Crippen molar-refractivity contribution in [1.29, 1.82) is 0 Å². The van der Waals surface area contributed by atoms with E-state index in [9.17, 15) is 13.2 Å².